The van der Waals surface area contributed by atoms with Crippen LogP contribution in [0.15, 0.2) is 12.1 Å². The van der Waals surface area contributed by atoms with Crippen LogP contribution in [0.1, 0.15) is 16.1 Å². The monoisotopic (exact) mass is 277 g/mol. The molecular formula is C14H23N5O. The molecule has 1 saturated heterocycles. The SMILES string of the molecule is Cc1cc(C(=O)NCC2CN(C)CCN2C)cc(N)n1. The maximum Gasteiger partial charge on any atom is 0.251 e. The van der Waals surface area contributed by atoms with E-state index in [2.05, 4.69) is 34.2 Å². The predicted octanol–water partition coefficient (Wildman–Crippen LogP) is -0.0522. The second-order valence-electron chi connectivity index (χ2n) is 5.53. The van der Waals surface area contributed by atoms with Crippen LogP contribution >= 0.6 is 0 Å². The molecule has 1 aromatic rings. The fourth-order valence-electron chi connectivity index (χ4n) is 2.46. The highest BCUT2D eigenvalue weighted by molar-refractivity contribution is 5.94. The number of amides is 1. The summed E-state index contributed by atoms with van der Waals surface area (Å²) in [6, 6.07) is 3.71. The van der Waals surface area contributed by atoms with E-state index >= 15 is 0 Å². The highest BCUT2D eigenvalue weighted by Gasteiger charge is 2.22. The molecule has 0 radical (unpaired) electrons. The summed E-state index contributed by atoms with van der Waals surface area (Å²) in [6.07, 6.45) is 0. The number of nitrogens with one attached hydrogen (secondary N) is 1. The minimum absolute atomic E-state index is 0.0937. The number of carbonyl (C=O) groups is 1. The van der Waals surface area contributed by atoms with E-state index in [0.717, 1.165) is 25.3 Å². The molecule has 1 unspecified atom stereocenters. The molecule has 20 heavy (non-hydrogen) atoms. The van der Waals surface area contributed by atoms with Crippen LogP contribution in [0.4, 0.5) is 5.82 Å². The lowest BCUT2D eigenvalue weighted by atomic mass is 10.1. The molecule has 0 aromatic carbocycles. The minimum Gasteiger partial charge on any atom is -0.384 e. The Kier molecular flexibility index (Phi) is 4.57. The fraction of sp³-hybridized carbons (Fsp3) is 0.571. The molecule has 1 amide bonds. The molecule has 110 valence electrons. The predicted molar refractivity (Wildman–Crippen MR) is 79.6 cm³/mol. The molecule has 1 aliphatic rings. The molecular weight excluding hydrogens is 254 g/mol. The van der Waals surface area contributed by atoms with Gasteiger partial charge in [0, 0.05) is 43.5 Å². The molecule has 1 aromatic heterocycles. The molecule has 2 heterocycles. The van der Waals surface area contributed by atoms with Gasteiger partial charge in [0.05, 0.1) is 0 Å². The quantitative estimate of drug-likeness (QED) is 0.810. The number of nitrogens with two attached hydrogens (primary N) is 1. The Morgan fingerprint density at radius 1 is 1.45 bits per heavy atom. The molecule has 0 aliphatic carbocycles. The zero-order valence-electron chi connectivity index (χ0n) is 12.4. The Bertz CT molecular complexity index is 470. The maximum atomic E-state index is 12.2. The topological polar surface area (TPSA) is 74.5 Å². The Morgan fingerprint density at radius 3 is 2.90 bits per heavy atom. The number of aromatic nitrogens is 1. The summed E-state index contributed by atoms with van der Waals surface area (Å²) >= 11 is 0. The summed E-state index contributed by atoms with van der Waals surface area (Å²) in [4.78, 5) is 20.8. The number of piperazine rings is 1. The van der Waals surface area contributed by atoms with E-state index in [0.29, 0.717) is 24.0 Å². The van der Waals surface area contributed by atoms with E-state index in [1.165, 1.54) is 0 Å². The lowest BCUT2D eigenvalue weighted by molar-refractivity contribution is 0.0881. The van der Waals surface area contributed by atoms with Gasteiger partial charge in [-0.25, -0.2) is 4.98 Å². The van der Waals surface area contributed by atoms with E-state index in [1.807, 2.05) is 6.92 Å². The van der Waals surface area contributed by atoms with Crippen molar-refractivity contribution in [3.63, 3.8) is 0 Å². The molecule has 1 atom stereocenters. The zero-order valence-corrected chi connectivity index (χ0v) is 12.4. The number of pyridine rings is 1. The molecule has 6 heteroatoms. The van der Waals surface area contributed by atoms with Gasteiger partial charge in [0.2, 0.25) is 0 Å². The van der Waals surface area contributed by atoms with Gasteiger partial charge in [0.25, 0.3) is 5.91 Å². The number of aryl methyl sites for hydroxylation is 1. The molecule has 1 aliphatic heterocycles. The second-order valence-corrected chi connectivity index (χ2v) is 5.53. The van der Waals surface area contributed by atoms with Crippen LogP contribution in [0.3, 0.4) is 0 Å². The van der Waals surface area contributed by atoms with Gasteiger partial charge in [-0.3, -0.25) is 9.69 Å². The third kappa shape index (κ3) is 3.68. The van der Waals surface area contributed by atoms with Gasteiger partial charge in [-0.1, -0.05) is 0 Å². The first kappa shape index (κ1) is 14.7. The van der Waals surface area contributed by atoms with Crippen molar-refractivity contribution < 1.29 is 4.79 Å². The van der Waals surface area contributed by atoms with Gasteiger partial charge >= 0.3 is 0 Å². The standard InChI is InChI=1S/C14H23N5O/c1-10-6-11(7-13(15)17-10)14(20)16-8-12-9-18(2)4-5-19(12)3/h6-7,12H,4-5,8-9H2,1-3H3,(H2,15,17)(H,16,20). The second kappa shape index (κ2) is 6.19. The third-order valence-corrected chi connectivity index (χ3v) is 3.71. The summed E-state index contributed by atoms with van der Waals surface area (Å²) in [5, 5.41) is 2.98. The first-order valence-corrected chi connectivity index (χ1v) is 6.87. The van der Waals surface area contributed by atoms with Crippen molar-refractivity contribution in [3.8, 4) is 0 Å². The molecule has 0 saturated carbocycles. The van der Waals surface area contributed by atoms with Crippen molar-refractivity contribution in [2.45, 2.75) is 13.0 Å². The number of carbonyl (C=O) groups excluding carboxylic acids is 1. The van der Waals surface area contributed by atoms with Crippen molar-refractivity contribution in [3.05, 3.63) is 23.4 Å². The molecule has 0 spiro atoms. The van der Waals surface area contributed by atoms with Crippen molar-refractivity contribution >= 4 is 11.7 Å². The van der Waals surface area contributed by atoms with Crippen LogP contribution < -0.4 is 11.1 Å². The van der Waals surface area contributed by atoms with Crippen LogP contribution in [0.2, 0.25) is 0 Å². The van der Waals surface area contributed by atoms with Crippen LogP contribution in [0, 0.1) is 6.92 Å². The Labute approximate surface area is 120 Å². The van der Waals surface area contributed by atoms with Crippen molar-refractivity contribution in [1.29, 1.82) is 0 Å². The fourth-order valence-corrected chi connectivity index (χ4v) is 2.46. The van der Waals surface area contributed by atoms with E-state index in [9.17, 15) is 4.79 Å². The van der Waals surface area contributed by atoms with Gasteiger partial charge in [0.15, 0.2) is 0 Å². The summed E-state index contributed by atoms with van der Waals surface area (Å²) in [5.41, 5.74) is 7.00. The number of nitrogen functional groups attached to an aromatic ring is 1. The third-order valence-electron chi connectivity index (χ3n) is 3.71. The molecule has 1 fully saturated rings. The van der Waals surface area contributed by atoms with Gasteiger partial charge in [0.1, 0.15) is 5.82 Å². The van der Waals surface area contributed by atoms with Crippen LogP contribution in [-0.2, 0) is 0 Å². The molecule has 2 rings (SSSR count). The van der Waals surface area contributed by atoms with Crippen molar-refractivity contribution in [1.82, 2.24) is 20.1 Å². The average molecular weight is 277 g/mol. The maximum absolute atomic E-state index is 12.2. The highest BCUT2D eigenvalue weighted by atomic mass is 16.1. The van der Waals surface area contributed by atoms with E-state index < -0.39 is 0 Å². The Morgan fingerprint density at radius 2 is 2.20 bits per heavy atom. The molecule has 3 N–H and O–H groups in total. The summed E-state index contributed by atoms with van der Waals surface area (Å²) in [7, 11) is 4.20. The molecule has 0 bridgehead atoms. The minimum atomic E-state index is -0.0937. The first-order valence-electron chi connectivity index (χ1n) is 6.87. The van der Waals surface area contributed by atoms with Crippen LogP contribution in [0.5, 0.6) is 0 Å². The number of nitrogens with zero attached hydrogens (tertiary/aromatic N) is 3. The van der Waals surface area contributed by atoms with E-state index in [4.69, 9.17) is 5.73 Å². The smallest absolute Gasteiger partial charge is 0.251 e. The first-order chi connectivity index (χ1) is 9.45. The Hall–Kier alpha value is -1.66. The number of anilines is 1. The summed E-state index contributed by atoms with van der Waals surface area (Å²) < 4.78 is 0. The van der Waals surface area contributed by atoms with E-state index in [-0.39, 0.29) is 5.91 Å². The largest absolute Gasteiger partial charge is 0.384 e. The lowest BCUT2D eigenvalue weighted by Crippen LogP contribution is -2.54. The lowest BCUT2D eigenvalue weighted by Gasteiger charge is -2.37. The van der Waals surface area contributed by atoms with Crippen molar-refractivity contribution in [2.75, 3.05) is 46.0 Å². The van der Waals surface area contributed by atoms with Gasteiger partial charge in [-0.2, -0.15) is 0 Å². The normalized spacial score (nSPS) is 20.9. The number of likely N-dealkylation sites (N-methyl/N-ethyl adjacent to an activating group) is 2. The number of hydrogen-bond donors (Lipinski definition) is 2. The van der Waals surface area contributed by atoms with Gasteiger partial charge in [-0.05, 0) is 33.2 Å². The van der Waals surface area contributed by atoms with E-state index in [1.54, 1.807) is 12.1 Å². The summed E-state index contributed by atoms with van der Waals surface area (Å²) in [6.45, 7) is 5.53. The summed E-state index contributed by atoms with van der Waals surface area (Å²) in [5.74, 6) is 0.286. The zero-order chi connectivity index (χ0) is 14.7. The van der Waals surface area contributed by atoms with Gasteiger partial charge in [-0.15, -0.1) is 0 Å². The highest BCUT2D eigenvalue weighted by Crippen LogP contribution is 2.08. The average Bonchev–Trinajstić information content (AvgIpc) is 2.38. The number of hydrogen-bond acceptors (Lipinski definition) is 5. The number of rotatable bonds is 3. The van der Waals surface area contributed by atoms with Crippen LogP contribution in [-0.4, -0.2) is 67.0 Å². The van der Waals surface area contributed by atoms with Gasteiger partial charge < -0.3 is 16.0 Å². The van der Waals surface area contributed by atoms with Crippen LogP contribution in [0.25, 0.3) is 0 Å². The van der Waals surface area contributed by atoms with Crippen molar-refractivity contribution in [2.24, 2.45) is 0 Å². The molecule has 6 nitrogen and oxygen atoms in total. The Balaban J connectivity index is 1.94.